The van der Waals surface area contributed by atoms with Gasteiger partial charge in [0.1, 0.15) is 0 Å². The lowest BCUT2D eigenvalue weighted by Gasteiger charge is -2.10. The van der Waals surface area contributed by atoms with E-state index in [0.717, 1.165) is 5.52 Å². The Morgan fingerprint density at radius 1 is 1.17 bits per heavy atom. The number of nitrogens with zero attached hydrogens (tertiary/aromatic N) is 2. The molecule has 3 N–H and O–H groups in total. The minimum absolute atomic E-state index is 0.103. The zero-order chi connectivity index (χ0) is 16.4. The molecule has 0 saturated heterocycles. The minimum atomic E-state index is -0.473. The minimum Gasteiger partial charge on any atom is -0.324 e. The topological polar surface area (TPSA) is 99.8 Å². The molecule has 2 amide bonds. The van der Waals surface area contributed by atoms with Crippen molar-refractivity contribution in [3.63, 3.8) is 0 Å². The van der Waals surface area contributed by atoms with Crippen molar-refractivity contribution in [3.8, 4) is 0 Å². The average Bonchev–Trinajstić information content (AvgIpc) is 2.99. The number of halogens is 1. The van der Waals surface area contributed by atoms with Gasteiger partial charge in [-0.15, -0.1) is 0 Å². The summed E-state index contributed by atoms with van der Waals surface area (Å²) >= 11 is 6.27. The molecule has 0 aliphatic carbocycles. The van der Waals surface area contributed by atoms with Gasteiger partial charge in [0.25, 0.3) is 5.91 Å². The number of pyridine rings is 1. The molecule has 0 spiro atoms. The number of carbonyl (C=O) groups excluding carboxylic acids is 2. The maximum absolute atomic E-state index is 12.4. The third kappa shape index (κ3) is 3.00. The largest absolute Gasteiger partial charge is 0.324 e. The number of fused-ring (bicyclic) bond motifs is 1. The monoisotopic (exact) mass is 329 g/mol. The van der Waals surface area contributed by atoms with Gasteiger partial charge in [-0.2, -0.15) is 5.10 Å². The first-order chi connectivity index (χ1) is 11.1. The van der Waals surface area contributed by atoms with E-state index >= 15 is 0 Å². The van der Waals surface area contributed by atoms with Crippen LogP contribution in [0, 0.1) is 0 Å². The van der Waals surface area contributed by atoms with Crippen molar-refractivity contribution < 1.29 is 9.59 Å². The van der Waals surface area contributed by atoms with Crippen LogP contribution in [0.1, 0.15) is 17.4 Å². The fraction of sp³-hybridized carbons (Fsp3) is 0.0667. The normalized spacial score (nSPS) is 10.5. The number of aromatic amines is 1. The maximum Gasteiger partial charge on any atom is 0.276 e. The van der Waals surface area contributed by atoms with Gasteiger partial charge >= 0.3 is 0 Å². The summed E-state index contributed by atoms with van der Waals surface area (Å²) in [5, 5.41) is 13.0. The van der Waals surface area contributed by atoms with Gasteiger partial charge in [-0.05, 0) is 24.3 Å². The first-order valence-corrected chi connectivity index (χ1v) is 7.09. The Balaban J connectivity index is 1.92. The number of carbonyl (C=O) groups is 2. The van der Waals surface area contributed by atoms with Crippen molar-refractivity contribution in [2.45, 2.75) is 6.92 Å². The molecule has 2 heterocycles. The molecular formula is C15H12ClN5O2. The van der Waals surface area contributed by atoms with E-state index in [1.54, 1.807) is 30.5 Å². The Bertz CT molecular complexity index is 906. The zero-order valence-corrected chi connectivity index (χ0v) is 12.8. The van der Waals surface area contributed by atoms with Crippen molar-refractivity contribution >= 4 is 45.7 Å². The van der Waals surface area contributed by atoms with Crippen molar-refractivity contribution in [1.29, 1.82) is 0 Å². The van der Waals surface area contributed by atoms with Crippen LogP contribution in [0.3, 0.4) is 0 Å². The fourth-order valence-electron chi connectivity index (χ4n) is 2.14. The second kappa shape index (κ2) is 6.05. The summed E-state index contributed by atoms with van der Waals surface area (Å²) in [5.74, 6) is -0.760. The average molecular weight is 330 g/mol. The van der Waals surface area contributed by atoms with Crippen LogP contribution in [0.4, 0.5) is 11.4 Å². The van der Waals surface area contributed by atoms with Crippen LogP contribution < -0.4 is 10.6 Å². The molecule has 2 aromatic heterocycles. The first-order valence-electron chi connectivity index (χ1n) is 6.72. The van der Waals surface area contributed by atoms with Crippen LogP contribution >= 0.6 is 11.6 Å². The van der Waals surface area contributed by atoms with Crippen molar-refractivity contribution in [3.05, 3.63) is 47.4 Å². The van der Waals surface area contributed by atoms with E-state index in [-0.39, 0.29) is 11.6 Å². The van der Waals surface area contributed by atoms with Gasteiger partial charge in [0.2, 0.25) is 5.91 Å². The predicted octanol–water partition coefficient (Wildman–Crippen LogP) is 2.82. The molecule has 0 saturated carbocycles. The second-order valence-electron chi connectivity index (χ2n) is 4.79. The van der Waals surface area contributed by atoms with Gasteiger partial charge in [0, 0.05) is 18.5 Å². The molecule has 3 aromatic rings. The second-order valence-corrected chi connectivity index (χ2v) is 5.17. The Kier molecular flexibility index (Phi) is 3.94. The number of amides is 2. The molecule has 0 fully saturated rings. The molecule has 0 aliphatic rings. The lowest BCUT2D eigenvalue weighted by molar-refractivity contribution is -0.114. The molecule has 1 aromatic carbocycles. The molecule has 0 atom stereocenters. The molecule has 3 rings (SSSR count). The van der Waals surface area contributed by atoms with Gasteiger partial charge in [-0.3, -0.25) is 14.7 Å². The number of H-pyrrole nitrogens is 1. The van der Waals surface area contributed by atoms with E-state index < -0.39 is 5.91 Å². The quantitative estimate of drug-likeness (QED) is 0.688. The summed E-state index contributed by atoms with van der Waals surface area (Å²) in [6.07, 6.45) is 3.05. The Morgan fingerprint density at radius 2 is 2.00 bits per heavy atom. The molecule has 0 aliphatic heterocycles. The summed E-state index contributed by atoms with van der Waals surface area (Å²) in [4.78, 5) is 27.7. The van der Waals surface area contributed by atoms with E-state index in [0.29, 0.717) is 21.8 Å². The number of anilines is 2. The van der Waals surface area contributed by atoms with Crippen LogP contribution in [-0.4, -0.2) is 27.0 Å². The van der Waals surface area contributed by atoms with Crippen LogP contribution in [0.15, 0.2) is 36.7 Å². The highest BCUT2D eigenvalue weighted by atomic mass is 35.5. The van der Waals surface area contributed by atoms with Gasteiger partial charge in [-0.25, -0.2) is 4.98 Å². The Labute approximate surface area is 136 Å². The van der Waals surface area contributed by atoms with Gasteiger partial charge < -0.3 is 10.6 Å². The smallest absolute Gasteiger partial charge is 0.276 e. The van der Waals surface area contributed by atoms with E-state index in [2.05, 4.69) is 25.8 Å². The summed E-state index contributed by atoms with van der Waals surface area (Å²) in [7, 11) is 0. The molecule has 0 bridgehead atoms. The van der Waals surface area contributed by atoms with Crippen molar-refractivity contribution in [2.75, 3.05) is 10.6 Å². The molecule has 116 valence electrons. The standard InChI is InChI=1S/C15H12ClN5O2/c1-8(22)19-12-3-2-6-17-14(12)15(23)20-11-5-4-10-9(13(11)16)7-18-21-10/h2-7H,1H3,(H,18,21)(H,19,22)(H,20,23). The van der Waals surface area contributed by atoms with E-state index in [4.69, 9.17) is 11.6 Å². The maximum atomic E-state index is 12.4. The van der Waals surface area contributed by atoms with Gasteiger partial charge in [0.15, 0.2) is 5.69 Å². The highest BCUT2D eigenvalue weighted by molar-refractivity contribution is 6.38. The molecular weight excluding hydrogens is 318 g/mol. The predicted molar refractivity (Wildman–Crippen MR) is 87.6 cm³/mol. The number of nitrogens with one attached hydrogen (secondary N) is 3. The molecule has 0 radical (unpaired) electrons. The van der Waals surface area contributed by atoms with Crippen LogP contribution in [0.2, 0.25) is 5.02 Å². The summed E-state index contributed by atoms with van der Waals surface area (Å²) in [6.45, 7) is 1.36. The number of hydrogen-bond donors (Lipinski definition) is 3. The highest BCUT2D eigenvalue weighted by Crippen LogP contribution is 2.30. The number of aromatic nitrogens is 3. The molecule has 0 unspecified atom stereocenters. The number of rotatable bonds is 3. The summed E-state index contributed by atoms with van der Waals surface area (Å²) in [5.41, 5.74) is 1.64. The highest BCUT2D eigenvalue weighted by Gasteiger charge is 2.16. The van der Waals surface area contributed by atoms with Gasteiger partial charge in [-0.1, -0.05) is 11.6 Å². The Hall–Kier alpha value is -2.93. The third-order valence-electron chi connectivity index (χ3n) is 3.14. The van der Waals surface area contributed by atoms with Crippen molar-refractivity contribution in [2.24, 2.45) is 0 Å². The zero-order valence-electron chi connectivity index (χ0n) is 12.1. The molecule has 7 nitrogen and oxygen atoms in total. The van der Waals surface area contributed by atoms with E-state index in [1.807, 2.05) is 0 Å². The fourth-order valence-corrected chi connectivity index (χ4v) is 2.40. The summed E-state index contributed by atoms with van der Waals surface area (Å²) < 4.78 is 0. The lowest BCUT2D eigenvalue weighted by atomic mass is 10.2. The third-order valence-corrected chi connectivity index (χ3v) is 3.55. The lowest BCUT2D eigenvalue weighted by Crippen LogP contribution is -2.18. The van der Waals surface area contributed by atoms with E-state index in [1.165, 1.54) is 13.1 Å². The van der Waals surface area contributed by atoms with Crippen molar-refractivity contribution in [1.82, 2.24) is 15.2 Å². The number of hydrogen-bond acceptors (Lipinski definition) is 4. The van der Waals surface area contributed by atoms with Gasteiger partial charge in [0.05, 0.1) is 28.1 Å². The van der Waals surface area contributed by atoms with E-state index in [9.17, 15) is 9.59 Å². The van der Waals surface area contributed by atoms with Crippen LogP contribution in [0.25, 0.3) is 10.9 Å². The molecule has 8 heteroatoms. The van der Waals surface area contributed by atoms with Crippen LogP contribution in [0.5, 0.6) is 0 Å². The number of benzene rings is 1. The Morgan fingerprint density at radius 3 is 2.78 bits per heavy atom. The first kappa shape index (κ1) is 15.0. The summed E-state index contributed by atoms with van der Waals surface area (Å²) in [6, 6.07) is 6.66. The SMILES string of the molecule is CC(=O)Nc1cccnc1C(=O)Nc1ccc2[nH]ncc2c1Cl. The van der Waals surface area contributed by atoms with Crippen LogP contribution in [-0.2, 0) is 4.79 Å². The molecule has 23 heavy (non-hydrogen) atoms.